The topological polar surface area (TPSA) is 81.9 Å². The number of fused-ring (bicyclic) bond motifs is 2. The molecule has 0 aromatic heterocycles. The lowest BCUT2D eigenvalue weighted by Crippen LogP contribution is -2.56. The second-order valence-electron chi connectivity index (χ2n) is 7.02. The number of nitro benzene ring substituents is 1. The molecule has 2 aliphatic heterocycles. The van der Waals surface area contributed by atoms with Crippen molar-refractivity contribution in [1.29, 1.82) is 0 Å². The number of hydrogen-bond donors (Lipinski definition) is 0. The molecule has 2 aromatic carbocycles. The molecule has 0 saturated carbocycles. The summed E-state index contributed by atoms with van der Waals surface area (Å²) in [6.45, 7) is 0.717. The molecular weight excluding hydrogens is 379 g/mol. The van der Waals surface area contributed by atoms with Crippen LogP contribution in [0.4, 0.5) is 14.9 Å². The zero-order chi connectivity index (χ0) is 20.4. The van der Waals surface area contributed by atoms with E-state index in [1.807, 2.05) is 30.3 Å². The largest absolute Gasteiger partial charge is 0.445 e. The Morgan fingerprint density at radius 2 is 2.03 bits per heavy atom. The number of amides is 1. The van der Waals surface area contributed by atoms with Gasteiger partial charge in [-0.25, -0.2) is 9.18 Å². The quantitative estimate of drug-likeness (QED) is 0.576. The second kappa shape index (κ2) is 8.00. The van der Waals surface area contributed by atoms with Gasteiger partial charge in [-0.1, -0.05) is 36.4 Å². The lowest BCUT2D eigenvalue weighted by molar-refractivity contribution is -0.384. The molecule has 2 bridgehead atoms. The molecule has 2 aromatic rings. The van der Waals surface area contributed by atoms with E-state index < -0.39 is 22.9 Å². The molecule has 0 spiro atoms. The van der Waals surface area contributed by atoms with Crippen LogP contribution in [0.15, 0.2) is 54.6 Å². The van der Waals surface area contributed by atoms with E-state index in [2.05, 4.69) is 0 Å². The Kier molecular flexibility index (Phi) is 5.26. The molecule has 1 fully saturated rings. The van der Waals surface area contributed by atoms with E-state index >= 15 is 0 Å². The molecule has 1 saturated heterocycles. The average molecular weight is 398 g/mol. The minimum atomic E-state index is -0.552. The predicted octanol–water partition coefficient (Wildman–Crippen LogP) is 3.93. The summed E-state index contributed by atoms with van der Waals surface area (Å²) in [4.78, 5) is 24.8. The number of ether oxygens (including phenoxy) is 2. The van der Waals surface area contributed by atoms with Crippen LogP contribution in [0.25, 0.3) is 5.57 Å². The van der Waals surface area contributed by atoms with Crippen LogP contribution in [0.2, 0.25) is 0 Å². The summed E-state index contributed by atoms with van der Waals surface area (Å²) in [5.74, 6) is -0.527. The van der Waals surface area contributed by atoms with E-state index in [1.54, 1.807) is 11.0 Å². The third-order valence-electron chi connectivity index (χ3n) is 5.12. The SMILES string of the molecule is O=C(OCc1ccccc1)N1C2C=C(c3cc([N+](=O)[O-])ccc3F)CC1COC2. The number of benzene rings is 2. The van der Waals surface area contributed by atoms with Gasteiger partial charge in [-0.3, -0.25) is 15.0 Å². The number of non-ortho nitro benzene ring substituents is 1. The van der Waals surface area contributed by atoms with Crippen LogP contribution in [-0.2, 0) is 16.1 Å². The monoisotopic (exact) mass is 398 g/mol. The van der Waals surface area contributed by atoms with Gasteiger partial charge < -0.3 is 9.47 Å². The third-order valence-corrected chi connectivity index (χ3v) is 5.12. The normalized spacial score (nSPS) is 20.7. The van der Waals surface area contributed by atoms with E-state index in [9.17, 15) is 19.3 Å². The molecule has 2 aliphatic rings. The number of rotatable bonds is 4. The highest BCUT2D eigenvalue weighted by Crippen LogP contribution is 2.35. The summed E-state index contributed by atoms with van der Waals surface area (Å²) < 4.78 is 25.4. The molecule has 1 amide bonds. The Balaban J connectivity index is 1.55. The van der Waals surface area contributed by atoms with Gasteiger partial charge in [-0.05, 0) is 23.6 Å². The molecule has 2 atom stereocenters. The number of carbonyl (C=O) groups is 1. The van der Waals surface area contributed by atoms with E-state index in [-0.39, 0.29) is 30.5 Å². The zero-order valence-corrected chi connectivity index (χ0v) is 15.5. The fourth-order valence-electron chi connectivity index (χ4n) is 3.75. The number of halogens is 1. The average Bonchev–Trinajstić information content (AvgIpc) is 2.72. The summed E-state index contributed by atoms with van der Waals surface area (Å²) >= 11 is 0. The van der Waals surface area contributed by atoms with Crippen molar-refractivity contribution in [3.05, 3.63) is 81.7 Å². The molecule has 0 radical (unpaired) electrons. The van der Waals surface area contributed by atoms with Crippen molar-refractivity contribution in [1.82, 2.24) is 4.90 Å². The fourth-order valence-corrected chi connectivity index (χ4v) is 3.75. The van der Waals surface area contributed by atoms with Crippen LogP contribution in [-0.4, -0.2) is 41.2 Å². The molecule has 0 aliphatic carbocycles. The summed E-state index contributed by atoms with van der Waals surface area (Å²) in [5.41, 5.74) is 1.53. The molecule has 0 N–H and O–H groups in total. The highest BCUT2D eigenvalue weighted by molar-refractivity contribution is 5.75. The van der Waals surface area contributed by atoms with Crippen molar-refractivity contribution in [3.8, 4) is 0 Å². The molecule has 2 heterocycles. The molecule has 4 rings (SSSR count). The standard InChI is InChI=1S/C21H19FN2O5/c22-20-7-6-16(24(26)27)10-19(20)15-8-17-12-28-13-18(9-15)23(17)21(25)29-11-14-4-2-1-3-5-14/h1-8,10,17-18H,9,11-13H2. The van der Waals surface area contributed by atoms with Crippen molar-refractivity contribution in [3.63, 3.8) is 0 Å². The Labute approximate surface area is 166 Å². The molecular formula is C21H19FN2O5. The first-order valence-corrected chi connectivity index (χ1v) is 9.24. The highest BCUT2D eigenvalue weighted by atomic mass is 19.1. The summed E-state index contributed by atoms with van der Waals surface area (Å²) in [6, 6.07) is 12.1. The van der Waals surface area contributed by atoms with Crippen LogP contribution < -0.4 is 0 Å². The Bertz CT molecular complexity index is 963. The molecule has 150 valence electrons. The summed E-state index contributed by atoms with van der Waals surface area (Å²) in [6.07, 6.45) is 1.61. The van der Waals surface area contributed by atoms with Gasteiger partial charge in [0.1, 0.15) is 12.4 Å². The first-order valence-electron chi connectivity index (χ1n) is 9.24. The summed E-state index contributed by atoms with van der Waals surface area (Å²) in [5, 5.41) is 11.0. The first-order chi connectivity index (χ1) is 14.0. The van der Waals surface area contributed by atoms with E-state index in [1.165, 1.54) is 6.07 Å². The molecule has 7 nitrogen and oxygen atoms in total. The number of morpholine rings is 1. The number of nitro groups is 1. The summed E-state index contributed by atoms with van der Waals surface area (Å²) in [7, 11) is 0. The van der Waals surface area contributed by atoms with Crippen LogP contribution in [0, 0.1) is 15.9 Å². The maximum absolute atomic E-state index is 14.4. The maximum atomic E-state index is 14.4. The first kappa shape index (κ1) is 19.1. The van der Waals surface area contributed by atoms with Crippen LogP contribution in [0.5, 0.6) is 0 Å². The van der Waals surface area contributed by atoms with Gasteiger partial charge >= 0.3 is 6.09 Å². The minimum absolute atomic E-state index is 0.159. The number of nitrogens with zero attached hydrogens (tertiary/aromatic N) is 2. The van der Waals surface area contributed by atoms with Crippen LogP contribution in [0.1, 0.15) is 17.5 Å². The van der Waals surface area contributed by atoms with Crippen molar-refractivity contribution >= 4 is 17.4 Å². The van der Waals surface area contributed by atoms with Crippen LogP contribution >= 0.6 is 0 Å². The molecule has 29 heavy (non-hydrogen) atoms. The van der Waals surface area contributed by atoms with E-state index in [0.717, 1.165) is 17.7 Å². The zero-order valence-electron chi connectivity index (χ0n) is 15.5. The maximum Gasteiger partial charge on any atom is 0.411 e. The van der Waals surface area contributed by atoms with E-state index in [4.69, 9.17) is 9.47 Å². The lowest BCUT2D eigenvalue weighted by Gasteiger charge is -2.43. The lowest BCUT2D eigenvalue weighted by atomic mass is 9.89. The number of hydrogen-bond acceptors (Lipinski definition) is 5. The Morgan fingerprint density at radius 1 is 1.24 bits per heavy atom. The third kappa shape index (κ3) is 3.97. The van der Waals surface area contributed by atoms with E-state index in [0.29, 0.717) is 18.6 Å². The van der Waals surface area contributed by atoms with Crippen molar-refractivity contribution in [2.24, 2.45) is 0 Å². The van der Waals surface area contributed by atoms with Crippen molar-refractivity contribution < 1.29 is 23.6 Å². The van der Waals surface area contributed by atoms with Crippen LogP contribution in [0.3, 0.4) is 0 Å². The van der Waals surface area contributed by atoms with Gasteiger partial charge in [0.15, 0.2) is 0 Å². The van der Waals surface area contributed by atoms with Crippen molar-refractivity contribution in [2.75, 3.05) is 13.2 Å². The fraction of sp³-hybridized carbons (Fsp3) is 0.286. The highest BCUT2D eigenvalue weighted by Gasteiger charge is 2.39. The Hall–Kier alpha value is -3.26. The van der Waals surface area contributed by atoms with Gasteiger partial charge in [0.2, 0.25) is 0 Å². The van der Waals surface area contributed by atoms with Gasteiger partial charge in [0, 0.05) is 17.7 Å². The molecule has 8 heteroatoms. The number of carbonyl (C=O) groups excluding carboxylic acids is 1. The van der Waals surface area contributed by atoms with Gasteiger partial charge in [-0.15, -0.1) is 0 Å². The van der Waals surface area contributed by atoms with Gasteiger partial charge in [0.25, 0.3) is 5.69 Å². The van der Waals surface area contributed by atoms with Crippen molar-refractivity contribution in [2.45, 2.75) is 25.1 Å². The molecule has 2 unspecified atom stereocenters. The van der Waals surface area contributed by atoms with Gasteiger partial charge in [0.05, 0.1) is 30.2 Å². The second-order valence-corrected chi connectivity index (χ2v) is 7.02. The Morgan fingerprint density at radius 3 is 2.76 bits per heavy atom. The predicted molar refractivity (Wildman–Crippen MR) is 103 cm³/mol. The van der Waals surface area contributed by atoms with Gasteiger partial charge in [-0.2, -0.15) is 0 Å². The smallest absolute Gasteiger partial charge is 0.411 e. The minimum Gasteiger partial charge on any atom is -0.445 e.